The van der Waals surface area contributed by atoms with E-state index in [2.05, 4.69) is 15.4 Å². The number of methoxy groups -OCH3 is 1. The average molecular weight is 410 g/mol. The lowest BCUT2D eigenvalue weighted by atomic mass is 10.2. The van der Waals surface area contributed by atoms with Crippen molar-refractivity contribution in [3.63, 3.8) is 0 Å². The van der Waals surface area contributed by atoms with Crippen LogP contribution in [0.25, 0.3) is 16.3 Å². The number of benzene rings is 2. The van der Waals surface area contributed by atoms with Gasteiger partial charge in [0, 0.05) is 29.0 Å². The number of aryl methyl sites for hydroxylation is 1. The summed E-state index contributed by atoms with van der Waals surface area (Å²) in [5.74, 6) is 0.874. The highest BCUT2D eigenvalue weighted by molar-refractivity contribution is 7.17. The van der Waals surface area contributed by atoms with Crippen molar-refractivity contribution in [2.24, 2.45) is 0 Å². The van der Waals surface area contributed by atoms with Gasteiger partial charge in [0.1, 0.15) is 11.6 Å². The van der Waals surface area contributed by atoms with Crippen molar-refractivity contribution in [2.75, 3.05) is 13.7 Å². The molecule has 2 heterocycles. The minimum Gasteiger partial charge on any atom is -0.497 e. The van der Waals surface area contributed by atoms with E-state index in [0.717, 1.165) is 21.1 Å². The van der Waals surface area contributed by atoms with E-state index in [4.69, 9.17) is 4.74 Å². The van der Waals surface area contributed by atoms with Gasteiger partial charge >= 0.3 is 0 Å². The Bertz CT molecular complexity index is 1150. The number of carbonyl (C=O) groups is 1. The summed E-state index contributed by atoms with van der Waals surface area (Å²) in [5.41, 5.74) is 2.36. The zero-order valence-corrected chi connectivity index (χ0v) is 16.8. The number of rotatable bonds is 6. The zero-order valence-electron chi connectivity index (χ0n) is 16.0. The Balaban J connectivity index is 1.41. The largest absolute Gasteiger partial charge is 0.497 e. The van der Waals surface area contributed by atoms with Gasteiger partial charge in [0.25, 0.3) is 5.91 Å². The molecule has 2 aromatic heterocycles. The second-order valence-electron chi connectivity index (χ2n) is 6.48. The van der Waals surface area contributed by atoms with Gasteiger partial charge in [-0.1, -0.05) is 11.3 Å². The molecule has 0 spiro atoms. The van der Waals surface area contributed by atoms with Crippen LogP contribution in [0.4, 0.5) is 4.39 Å². The van der Waals surface area contributed by atoms with E-state index in [1.807, 2.05) is 6.92 Å². The van der Waals surface area contributed by atoms with Crippen LogP contribution in [-0.2, 0) is 6.42 Å². The Hall–Kier alpha value is -3.26. The molecule has 4 aromatic rings. The van der Waals surface area contributed by atoms with Gasteiger partial charge in [-0.25, -0.2) is 8.91 Å². The van der Waals surface area contributed by atoms with Gasteiger partial charge in [0.15, 0.2) is 5.82 Å². The van der Waals surface area contributed by atoms with Crippen LogP contribution in [0.3, 0.4) is 0 Å². The number of hydrogen-bond donors (Lipinski definition) is 1. The molecule has 0 fully saturated rings. The van der Waals surface area contributed by atoms with Crippen molar-refractivity contribution in [3.8, 4) is 17.1 Å². The minimum atomic E-state index is -0.287. The molecule has 0 aliphatic carbocycles. The summed E-state index contributed by atoms with van der Waals surface area (Å²) < 4.78 is 20.0. The van der Waals surface area contributed by atoms with E-state index in [1.54, 1.807) is 59.4 Å². The molecule has 4 rings (SSSR count). The van der Waals surface area contributed by atoms with Crippen LogP contribution in [0.2, 0.25) is 0 Å². The first-order chi connectivity index (χ1) is 14.0. The molecular formula is C21H19FN4O2S. The van der Waals surface area contributed by atoms with Gasteiger partial charge < -0.3 is 10.1 Å². The second kappa shape index (κ2) is 8.00. The van der Waals surface area contributed by atoms with E-state index in [9.17, 15) is 9.18 Å². The molecule has 6 nitrogen and oxygen atoms in total. The number of aromatic nitrogens is 3. The molecule has 0 aliphatic heterocycles. The van der Waals surface area contributed by atoms with Gasteiger partial charge in [-0.15, -0.1) is 5.10 Å². The lowest BCUT2D eigenvalue weighted by Crippen LogP contribution is -2.25. The highest BCUT2D eigenvalue weighted by Gasteiger charge is 2.15. The minimum absolute atomic E-state index is 0.122. The fraction of sp³-hybridized carbons (Fsp3) is 0.190. The number of nitrogens with zero attached hydrogens (tertiary/aromatic N) is 3. The van der Waals surface area contributed by atoms with E-state index in [-0.39, 0.29) is 11.7 Å². The van der Waals surface area contributed by atoms with Crippen LogP contribution in [0.5, 0.6) is 5.75 Å². The van der Waals surface area contributed by atoms with Gasteiger partial charge in [-0.2, -0.15) is 4.98 Å². The number of fused-ring (bicyclic) bond motifs is 1. The van der Waals surface area contributed by atoms with Crippen molar-refractivity contribution in [1.29, 1.82) is 0 Å². The smallest absolute Gasteiger partial charge is 0.251 e. The van der Waals surface area contributed by atoms with Crippen molar-refractivity contribution in [1.82, 2.24) is 19.9 Å². The Labute approximate surface area is 171 Å². The third-order valence-corrected chi connectivity index (χ3v) is 5.80. The van der Waals surface area contributed by atoms with Crippen molar-refractivity contribution >= 4 is 22.2 Å². The molecule has 8 heteroatoms. The molecule has 0 aliphatic rings. The Kier molecular flexibility index (Phi) is 5.26. The predicted octanol–water partition coefficient (Wildman–Crippen LogP) is 3.89. The van der Waals surface area contributed by atoms with Crippen LogP contribution in [0.15, 0.2) is 48.5 Å². The fourth-order valence-corrected chi connectivity index (χ4v) is 4.03. The molecule has 0 saturated heterocycles. The molecular weight excluding hydrogens is 391 g/mol. The van der Waals surface area contributed by atoms with Gasteiger partial charge in [0.05, 0.1) is 12.8 Å². The third kappa shape index (κ3) is 3.97. The second-order valence-corrected chi connectivity index (χ2v) is 7.54. The van der Waals surface area contributed by atoms with Crippen LogP contribution >= 0.6 is 11.3 Å². The lowest BCUT2D eigenvalue weighted by molar-refractivity contribution is 0.0954. The normalized spacial score (nSPS) is 11.0. The number of hydrogen-bond acceptors (Lipinski definition) is 5. The van der Waals surface area contributed by atoms with Crippen LogP contribution in [-0.4, -0.2) is 34.2 Å². The molecule has 0 unspecified atom stereocenters. The van der Waals surface area contributed by atoms with Gasteiger partial charge in [-0.05, 0) is 55.5 Å². The summed E-state index contributed by atoms with van der Waals surface area (Å²) in [6, 6.07) is 13.1. The van der Waals surface area contributed by atoms with Crippen molar-refractivity contribution in [3.05, 3.63) is 70.5 Å². The molecule has 148 valence electrons. The Morgan fingerprint density at radius 1 is 1.17 bits per heavy atom. The first-order valence-corrected chi connectivity index (χ1v) is 9.90. The molecule has 0 bridgehead atoms. The number of halogens is 1. The summed E-state index contributed by atoms with van der Waals surface area (Å²) in [6.45, 7) is 2.49. The summed E-state index contributed by atoms with van der Waals surface area (Å²) in [7, 11) is 1.59. The lowest BCUT2D eigenvalue weighted by Gasteiger charge is -2.06. The zero-order chi connectivity index (χ0) is 20.4. The summed E-state index contributed by atoms with van der Waals surface area (Å²) in [4.78, 5) is 18.7. The van der Waals surface area contributed by atoms with Crippen LogP contribution in [0.1, 0.15) is 20.9 Å². The average Bonchev–Trinajstić information content (AvgIpc) is 3.28. The quantitative estimate of drug-likeness (QED) is 0.524. The summed E-state index contributed by atoms with van der Waals surface area (Å²) in [6.07, 6.45) is 0.690. The molecule has 0 atom stereocenters. The predicted molar refractivity (Wildman–Crippen MR) is 110 cm³/mol. The number of nitrogens with one attached hydrogen (secondary N) is 1. The number of thiazole rings is 1. The maximum atomic E-state index is 13.1. The van der Waals surface area contributed by atoms with E-state index >= 15 is 0 Å². The Morgan fingerprint density at radius 2 is 1.90 bits per heavy atom. The summed E-state index contributed by atoms with van der Waals surface area (Å²) >= 11 is 1.54. The maximum absolute atomic E-state index is 13.1. The number of carbonyl (C=O) groups excluding carboxylic acids is 1. The SMILES string of the molecule is COc1ccc(C(=O)NCCc2sc3nc(-c4ccc(F)cc4)nn3c2C)cc1. The molecule has 29 heavy (non-hydrogen) atoms. The number of amides is 1. The highest BCUT2D eigenvalue weighted by Crippen LogP contribution is 2.25. The van der Waals surface area contributed by atoms with E-state index < -0.39 is 0 Å². The Morgan fingerprint density at radius 3 is 2.55 bits per heavy atom. The maximum Gasteiger partial charge on any atom is 0.251 e. The molecule has 2 aromatic carbocycles. The standard InChI is InChI=1S/C21H19FN4O2S/c1-13-18(11-12-23-20(27)15-5-9-17(28-2)10-6-15)29-21-24-19(25-26(13)21)14-3-7-16(22)8-4-14/h3-10H,11-12H2,1-2H3,(H,23,27). The van der Waals surface area contributed by atoms with Crippen molar-refractivity contribution in [2.45, 2.75) is 13.3 Å². The monoisotopic (exact) mass is 410 g/mol. The third-order valence-electron chi connectivity index (χ3n) is 4.61. The first kappa shape index (κ1) is 19.1. The molecule has 1 amide bonds. The van der Waals surface area contributed by atoms with Gasteiger partial charge in [-0.3, -0.25) is 4.79 Å². The molecule has 0 saturated carbocycles. The van der Waals surface area contributed by atoms with E-state index in [1.165, 1.54) is 12.1 Å². The van der Waals surface area contributed by atoms with Crippen molar-refractivity contribution < 1.29 is 13.9 Å². The molecule has 0 radical (unpaired) electrons. The highest BCUT2D eigenvalue weighted by atomic mass is 32.1. The summed E-state index contributed by atoms with van der Waals surface area (Å²) in [5, 5.41) is 7.47. The van der Waals surface area contributed by atoms with E-state index in [0.29, 0.717) is 30.1 Å². The van der Waals surface area contributed by atoms with Gasteiger partial charge in [0.2, 0.25) is 4.96 Å². The first-order valence-electron chi connectivity index (χ1n) is 9.08. The van der Waals surface area contributed by atoms with Crippen LogP contribution in [0, 0.1) is 12.7 Å². The molecule has 1 N–H and O–H groups in total. The fourth-order valence-electron chi connectivity index (χ4n) is 2.97. The topological polar surface area (TPSA) is 68.5 Å². The van der Waals surface area contributed by atoms with Crippen LogP contribution < -0.4 is 10.1 Å². The number of ether oxygens (including phenoxy) is 1.